The van der Waals surface area contributed by atoms with Crippen LogP contribution in [0.5, 0.6) is 0 Å². The third kappa shape index (κ3) is 2.15. The third-order valence-corrected chi connectivity index (χ3v) is 2.74. The van der Waals surface area contributed by atoms with Crippen molar-refractivity contribution in [2.75, 3.05) is 6.26 Å². The molecule has 0 atom stereocenters. The van der Waals surface area contributed by atoms with Crippen LogP contribution in [-0.4, -0.2) is 6.26 Å². The zero-order valence-electron chi connectivity index (χ0n) is 7.63. The maximum Gasteiger partial charge on any atom is 0.00985 e. The fourth-order valence-corrected chi connectivity index (χ4v) is 1.82. The molecule has 0 amide bonds. The Morgan fingerprint density at radius 2 is 2.25 bits per heavy atom. The molecule has 1 heteroatoms. The smallest absolute Gasteiger partial charge is 0.00985 e. The molecule has 0 N–H and O–H groups in total. The summed E-state index contributed by atoms with van der Waals surface area (Å²) in [6.45, 7) is 5.87. The Morgan fingerprint density at radius 1 is 1.50 bits per heavy atom. The molecule has 64 valence electrons. The lowest BCUT2D eigenvalue weighted by atomic mass is 10.1. The molecule has 0 nitrogen and oxygen atoms in total. The van der Waals surface area contributed by atoms with Gasteiger partial charge in [-0.15, -0.1) is 18.3 Å². The first-order valence-corrected chi connectivity index (χ1v) is 5.25. The summed E-state index contributed by atoms with van der Waals surface area (Å²) >= 11 is 1.80. The van der Waals surface area contributed by atoms with E-state index in [9.17, 15) is 0 Å². The summed E-state index contributed by atoms with van der Waals surface area (Å²) in [6.07, 6.45) is 5.01. The molecule has 0 unspecified atom stereocenters. The molecule has 0 heterocycles. The number of benzene rings is 1. The van der Waals surface area contributed by atoms with Crippen molar-refractivity contribution in [1.82, 2.24) is 0 Å². The molecule has 0 radical (unpaired) electrons. The predicted octanol–water partition coefficient (Wildman–Crippen LogP) is 3.45. The van der Waals surface area contributed by atoms with Crippen LogP contribution in [0, 0.1) is 6.92 Å². The number of hydrogen-bond donors (Lipinski definition) is 0. The van der Waals surface area contributed by atoms with Gasteiger partial charge in [-0.05, 0) is 36.8 Å². The Bertz CT molecular complexity index is 276. The summed E-state index contributed by atoms with van der Waals surface area (Å²) in [6, 6.07) is 6.58. The SMILES string of the molecule is C=CCc1ccc(SC)c(C)c1. The zero-order chi connectivity index (χ0) is 8.97. The highest BCUT2D eigenvalue weighted by atomic mass is 32.2. The van der Waals surface area contributed by atoms with Gasteiger partial charge in [0.1, 0.15) is 0 Å². The summed E-state index contributed by atoms with van der Waals surface area (Å²) in [5.74, 6) is 0. The molecule has 0 spiro atoms. The van der Waals surface area contributed by atoms with Crippen LogP contribution in [0.25, 0.3) is 0 Å². The molecule has 0 bridgehead atoms. The topological polar surface area (TPSA) is 0 Å². The summed E-state index contributed by atoms with van der Waals surface area (Å²) in [5.41, 5.74) is 2.71. The van der Waals surface area contributed by atoms with Gasteiger partial charge < -0.3 is 0 Å². The molecule has 0 saturated heterocycles. The van der Waals surface area contributed by atoms with Crippen molar-refractivity contribution < 1.29 is 0 Å². The lowest BCUT2D eigenvalue weighted by Gasteiger charge is -2.03. The molecule has 0 fully saturated rings. The van der Waals surface area contributed by atoms with Gasteiger partial charge in [0, 0.05) is 4.90 Å². The highest BCUT2D eigenvalue weighted by molar-refractivity contribution is 7.98. The second-order valence-corrected chi connectivity index (χ2v) is 3.64. The van der Waals surface area contributed by atoms with Crippen LogP contribution in [0.1, 0.15) is 11.1 Å². The van der Waals surface area contributed by atoms with Crippen molar-refractivity contribution in [2.45, 2.75) is 18.2 Å². The average Bonchev–Trinajstić information content (AvgIpc) is 2.05. The number of thioether (sulfide) groups is 1. The first kappa shape index (κ1) is 9.40. The van der Waals surface area contributed by atoms with Gasteiger partial charge in [0.25, 0.3) is 0 Å². The fraction of sp³-hybridized carbons (Fsp3) is 0.273. The summed E-state index contributed by atoms with van der Waals surface area (Å²) < 4.78 is 0. The highest BCUT2D eigenvalue weighted by Crippen LogP contribution is 2.20. The van der Waals surface area contributed by atoms with Gasteiger partial charge in [0.05, 0.1) is 0 Å². The van der Waals surface area contributed by atoms with E-state index in [1.165, 1.54) is 16.0 Å². The summed E-state index contributed by atoms with van der Waals surface area (Å²) in [7, 11) is 0. The lowest BCUT2D eigenvalue weighted by Crippen LogP contribution is -1.84. The van der Waals surface area contributed by atoms with Crippen LogP contribution >= 0.6 is 11.8 Å². The third-order valence-electron chi connectivity index (χ3n) is 1.84. The summed E-state index contributed by atoms with van der Waals surface area (Å²) in [5, 5.41) is 0. The maximum atomic E-state index is 3.72. The van der Waals surface area contributed by atoms with E-state index in [1.54, 1.807) is 11.8 Å². The molecule has 0 aliphatic rings. The Balaban J connectivity index is 2.93. The molecule has 0 aliphatic carbocycles. The molecule has 0 saturated carbocycles. The predicted molar refractivity (Wildman–Crippen MR) is 56.9 cm³/mol. The van der Waals surface area contributed by atoms with E-state index >= 15 is 0 Å². The van der Waals surface area contributed by atoms with Crippen molar-refractivity contribution in [3.8, 4) is 0 Å². The first-order valence-electron chi connectivity index (χ1n) is 4.02. The molecular formula is C11H14S. The highest BCUT2D eigenvalue weighted by Gasteiger charge is 1.96. The van der Waals surface area contributed by atoms with Crippen molar-refractivity contribution >= 4 is 11.8 Å². The van der Waals surface area contributed by atoms with E-state index in [4.69, 9.17) is 0 Å². The number of rotatable bonds is 3. The summed E-state index contributed by atoms with van der Waals surface area (Å²) in [4.78, 5) is 1.36. The normalized spacial score (nSPS) is 9.83. The Kier molecular flexibility index (Phi) is 3.42. The van der Waals surface area contributed by atoms with Crippen LogP contribution in [-0.2, 0) is 6.42 Å². The Hall–Kier alpha value is -0.690. The van der Waals surface area contributed by atoms with E-state index in [0.29, 0.717) is 0 Å². The van der Waals surface area contributed by atoms with Crippen LogP contribution < -0.4 is 0 Å². The zero-order valence-corrected chi connectivity index (χ0v) is 8.45. The minimum atomic E-state index is 0.968. The second-order valence-electron chi connectivity index (χ2n) is 2.80. The van der Waals surface area contributed by atoms with Crippen LogP contribution in [0.15, 0.2) is 35.7 Å². The molecule has 1 aromatic carbocycles. The van der Waals surface area contributed by atoms with Crippen molar-refractivity contribution in [3.05, 3.63) is 42.0 Å². The molecule has 1 rings (SSSR count). The Labute approximate surface area is 78.7 Å². The lowest BCUT2D eigenvalue weighted by molar-refractivity contribution is 1.20. The van der Waals surface area contributed by atoms with Gasteiger partial charge in [-0.25, -0.2) is 0 Å². The molecule has 0 aromatic heterocycles. The molecule has 1 aromatic rings. The molecule has 12 heavy (non-hydrogen) atoms. The van der Waals surface area contributed by atoms with Gasteiger partial charge in [-0.1, -0.05) is 18.2 Å². The van der Waals surface area contributed by atoms with Gasteiger partial charge in [-0.2, -0.15) is 0 Å². The van der Waals surface area contributed by atoms with Crippen LogP contribution in [0.3, 0.4) is 0 Å². The minimum Gasteiger partial charge on any atom is -0.129 e. The van der Waals surface area contributed by atoms with Gasteiger partial charge in [0.15, 0.2) is 0 Å². The van der Waals surface area contributed by atoms with Crippen molar-refractivity contribution in [3.63, 3.8) is 0 Å². The van der Waals surface area contributed by atoms with Gasteiger partial charge in [0.2, 0.25) is 0 Å². The van der Waals surface area contributed by atoms with Crippen molar-refractivity contribution in [2.24, 2.45) is 0 Å². The quantitative estimate of drug-likeness (QED) is 0.504. The van der Waals surface area contributed by atoms with E-state index in [2.05, 4.69) is 38.0 Å². The first-order chi connectivity index (χ1) is 5.77. The van der Waals surface area contributed by atoms with Crippen LogP contribution in [0.4, 0.5) is 0 Å². The fourth-order valence-electron chi connectivity index (χ4n) is 1.23. The minimum absolute atomic E-state index is 0.968. The number of allylic oxidation sites excluding steroid dienone is 1. The average molecular weight is 178 g/mol. The maximum absolute atomic E-state index is 3.72. The number of aryl methyl sites for hydroxylation is 1. The molecular weight excluding hydrogens is 164 g/mol. The van der Waals surface area contributed by atoms with E-state index in [0.717, 1.165) is 6.42 Å². The standard InChI is InChI=1S/C11H14S/c1-4-5-10-6-7-11(12-3)9(2)8-10/h4,6-8H,1,5H2,2-3H3. The largest absolute Gasteiger partial charge is 0.129 e. The monoisotopic (exact) mass is 178 g/mol. The van der Waals surface area contributed by atoms with Gasteiger partial charge >= 0.3 is 0 Å². The van der Waals surface area contributed by atoms with Crippen molar-refractivity contribution in [1.29, 1.82) is 0 Å². The van der Waals surface area contributed by atoms with E-state index < -0.39 is 0 Å². The Morgan fingerprint density at radius 3 is 2.75 bits per heavy atom. The molecule has 0 aliphatic heterocycles. The second kappa shape index (κ2) is 4.36. The number of hydrogen-bond acceptors (Lipinski definition) is 1. The van der Waals surface area contributed by atoms with Crippen LogP contribution in [0.2, 0.25) is 0 Å². The van der Waals surface area contributed by atoms with Gasteiger partial charge in [-0.3, -0.25) is 0 Å². The van der Waals surface area contributed by atoms with E-state index in [1.807, 2.05) is 6.08 Å². The van der Waals surface area contributed by atoms with E-state index in [-0.39, 0.29) is 0 Å².